The van der Waals surface area contributed by atoms with Gasteiger partial charge in [-0.15, -0.1) is 0 Å². The minimum atomic E-state index is -0.695. The number of halogens is 3. The Morgan fingerprint density at radius 2 is 2.00 bits per heavy atom. The lowest BCUT2D eigenvalue weighted by atomic mass is 9.99. The smallest absolute Gasteiger partial charge is 0.254 e. The Hall–Kier alpha value is -1.65. The van der Waals surface area contributed by atoms with Gasteiger partial charge < -0.3 is 4.74 Å². The minimum Gasteiger partial charge on any atom is -0.492 e. The number of aryl methyl sites for hydroxylation is 1. The highest BCUT2D eigenvalue weighted by Gasteiger charge is 2.20. The third-order valence-electron chi connectivity index (χ3n) is 2.88. The number of hydrogen-bond donors (Lipinski definition) is 0. The largest absolute Gasteiger partial charge is 0.492 e. The van der Waals surface area contributed by atoms with Crippen LogP contribution in [0.25, 0.3) is 11.1 Å². The van der Waals surface area contributed by atoms with E-state index >= 15 is 0 Å². The number of ether oxygens (including phenoxy) is 1. The van der Waals surface area contributed by atoms with Gasteiger partial charge in [0.25, 0.3) is 5.24 Å². The summed E-state index contributed by atoms with van der Waals surface area (Å²) < 4.78 is 19.3. The van der Waals surface area contributed by atoms with Gasteiger partial charge in [0.05, 0.1) is 17.7 Å². The first-order valence-corrected chi connectivity index (χ1v) is 6.40. The molecular formula is C14H10Cl2FNO2. The monoisotopic (exact) mass is 313 g/mol. The molecule has 1 aromatic heterocycles. The first-order chi connectivity index (χ1) is 9.47. The van der Waals surface area contributed by atoms with Crippen molar-refractivity contribution in [3.05, 3.63) is 46.5 Å². The quantitative estimate of drug-likeness (QED) is 0.796. The molecule has 0 fully saturated rings. The molecule has 3 nitrogen and oxygen atoms in total. The van der Waals surface area contributed by atoms with E-state index in [-0.39, 0.29) is 21.9 Å². The van der Waals surface area contributed by atoms with E-state index in [1.165, 1.54) is 31.5 Å². The minimum absolute atomic E-state index is 0.0772. The van der Waals surface area contributed by atoms with E-state index in [1.807, 2.05) is 0 Å². The summed E-state index contributed by atoms with van der Waals surface area (Å²) in [6.45, 7) is 1.63. The normalized spacial score (nSPS) is 10.4. The number of aromatic nitrogens is 1. The Morgan fingerprint density at radius 1 is 1.30 bits per heavy atom. The second kappa shape index (κ2) is 5.77. The highest BCUT2D eigenvalue weighted by Crippen LogP contribution is 2.36. The number of nitrogens with zero attached hydrogens (tertiary/aromatic N) is 1. The van der Waals surface area contributed by atoms with Gasteiger partial charge in [0.15, 0.2) is 11.6 Å². The molecule has 2 aromatic rings. The van der Waals surface area contributed by atoms with Crippen LogP contribution in [0.3, 0.4) is 0 Å². The van der Waals surface area contributed by atoms with Crippen LogP contribution in [0.15, 0.2) is 24.4 Å². The number of pyridine rings is 1. The van der Waals surface area contributed by atoms with Crippen LogP contribution in [0.1, 0.15) is 16.1 Å². The Balaban J connectivity index is 2.76. The molecule has 20 heavy (non-hydrogen) atoms. The summed E-state index contributed by atoms with van der Waals surface area (Å²) in [7, 11) is 1.32. The molecular weight excluding hydrogens is 304 g/mol. The molecule has 0 N–H and O–H groups in total. The van der Waals surface area contributed by atoms with Crippen molar-refractivity contribution in [2.24, 2.45) is 0 Å². The average Bonchev–Trinajstić information content (AvgIpc) is 2.38. The van der Waals surface area contributed by atoms with Gasteiger partial charge in [0.1, 0.15) is 0 Å². The molecule has 0 amide bonds. The maximum Gasteiger partial charge on any atom is 0.254 e. The second-order valence-corrected chi connectivity index (χ2v) is 4.79. The fourth-order valence-corrected chi connectivity index (χ4v) is 2.43. The van der Waals surface area contributed by atoms with Crippen molar-refractivity contribution in [1.82, 2.24) is 4.98 Å². The molecule has 2 rings (SSSR count). The third-order valence-corrected chi connectivity index (χ3v) is 3.37. The molecule has 0 bridgehead atoms. The Labute approximate surface area is 125 Å². The molecule has 1 aromatic carbocycles. The third kappa shape index (κ3) is 2.49. The predicted molar refractivity (Wildman–Crippen MR) is 76.1 cm³/mol. The van der Waals surface area contributed by atoms with E-state index in [0.717, 1.165) is 0 Å². The summed E-state index contributed by atoms with van der Waals surface area (Å²) in [5.74, 6) is -0.726. The summed E-state index contributed by atoms with van der Waals surface area (Å²) in [4.78, 5) is 15.5. The van der Waals surface area contributed by atoms with Crippen molar-refractivity contribution in [1.29, 1.82) is 0 Å². The molecule has 0 aliphatic heterocycles. The van der Waals surface area contributed by atoms with Gasteiger partial charge in [0.2, 0.25) is 0 Å². The van der Waals surface area contributed by atoms with Gasteiger partial charge in [-0.2, -0.15) is 0 Å². The highest BCUT2D eigenvalue weighted by molar-refractivity contribution is 6.68. The Morgan fingerprint density at radius 3 is 2.60 bits per heavy atom. The highest BCUT2D eigenvalue weighted by atomic mass is 35.5. The number of hydrogen-bond acceptors (Lipinski definition) is 3. The molecule has 0 aliphatic rings. The molecule has 6 heteroatoms. The van der Waals surface area contributed by atoms with E-state index in [9.17, 15) is 9.18 Å². The molecule has 0 atom stereocenters. The fraction of sp³-hybridized carbons (Fsp3) is 0.143. The first-order valence-electron chi connectivity index (χ1n) is 5.65. The topological polar surface area (TPSA) is 39.2 Å². The van der Waals surface area contributed by atoms with E-state index in [1.54, 1.807) is 6.92 Å². The van der Waals surface area contributed by atoms with Crippen LogP contribution in [-0.2, 0) is 0 Å². The van der Waals surface area contributed by atoms with E-state index < -0.39 is 11.1 Å². The Kier molecular flexibility index (Phi) is 4.26. The van der Waals surface area contributed by atoms with Crippen LogP contribution in [-0.4, -0.2) is 17.3 Å². The fourth-order valence-electron chi connectivity index (χ4n) is 1.97. The standard InChI is InChI=1S/C14H10Cl2FNO2/c1-7-11(14(16)19)8(5-6-18-7)9-3-4-10(15)13(20-2)12(9)17/h3-6H,1-2H3. The zero-order chi connectivity index (χ0) is 14.9. The van der Waals surface area contributed by atoms with Crippen LogP contribution >= 0.6 is 23.2 Å². The lowest BCUT2D eigenvalue weighted by molar-refractivity contribution is 0.108. The van der Waals surface area contributed by atoms with Crippen molar-refractivity contribution in [2.75, 3.05) is 7.11 Å². The Bertz CT molecular complexity index is 689. The van der Waals surface area contributed by atoms with Gasteiger partial charge in [-0.1, -0.05) is 11.6 Å². The van der Waals surface area contributed by atoms with Gasteiger partial charge in [-0.3, -0.25) is 9.78 Å². The molecule has 1 heterocycles. The van der Waals surface area contributed by atoms with Crippen LogP contribution < -0.4 is 4.74 Å². The van der Waals surface area contributed by atoms with Crippen molar-refractivity contribution >= 4 is 28.4 Å². The number of rotatable bonds is 3. The predicted octanol–water partition coefficient (Wildman–Crippen LogP) is 4.24. The van der Waals surface area contributed by atoms with E-state index in [4.69, 9.17) is 27.9 Å². The number of methoxy groups -OCH3 is 1. The maximum atomic E-state index is 14.4. The van der Waals surface area contributed by atoms with Crippen LogP contribution in [0, 0.1) is 12.7 Å². The summed E-state index contributed by atoms with van der Waals surface area (Å²) in [6.07, 6.45) is 1.48. The van der Waals surface area contributed by atoms with Crippen LogP contribution in [0.4, 0.5) is 4.39 Å². The van der Waals surface area contributed by atoms with E-state index in [0.29, 0.717) is 11.3 Å². The maximum absolute atomic E-state index is 14.4. The van der Waals surface area contributed by atoms with Crippen molar-refractivity contribution in [3.8, 4) is 16.9 Å². The number of carbonyl (C=O) groups excluding carboxylic acids is 1. The lowest BCUT2D eigenvalue weighted by Crippen LogP contribution is -2.02. The molecule has 0 saturated carbocycles. The SMILES string of the molecule is COc1c(Cl)ccc(-c2ccnc(C)c2C(=O)Cl)c1F. The van der Waals surface area contributed by atoms with Crippen molar-refractivity contribution in [3.63, 3.8) is 0 Å². The molecule has 0 saturated heterocycles. The zero-order valence-corrected chi connectivity index (χ0v) is 12.2. The van der Waals surface area contributed by atoms with E-state index in [2.05, 4.69) is 4.98 Å². The van der Waals surface area contributed by atoms with Gasteiger partial charge in [-0.25, -0.2) is 4.39 Å². The van der Waals surface area contributed by atoms with Gasteiger partial charge in [0, 0.05) is 23.0 Å². The molecule has 0 spiro atoms. The summed E-state index contributed by atoms with van der Waals surface area (Å²) in [5, 5.41) is -0.544. The van der Waals surface area contributed by atoms with Crippen molar-refractivity contribution in [2.45, 2.75) is 6.92 Å². The number of carbonyl (C=O) groups is 1. The number of benzene rings is 1. The molecule has 104 valence electrons. The summed E-state index contributed by atoms with van der Waals surface area (Å²) in [6, 6.07) is 4.49. The van der Waals surface area contributed by atoms with Gasteiger partial charge in [-0.05, 0) is 36.7 Å². The zero-order valence-electron chi connectivity index (χ0n) is 10.7. The van der Waals surface area contributed by atoms with Crippen LogP contribution in [0.2, 0.25) is 5.02 Å². The average molecular weight is 314 g/mol. The molecule has 0 radical (unpaired) electrons. The summed E-state index contributed by atoms with van der Waals surface area (Å²) >= 11 is 11.4. The second-order valence-electron chi connectivity index (χ2n) is 4.03. The molecule has 0 aliphatic carbocycles. The first kappa shape index (κ1) is 14.8. The lowest BCUT2D eigenvalue weighted by Gasteiger charge is -2.12. The molecule has 0 unspecified atom stereocenters. The van der Waals surface area contributed by atoms with Crippen molar-refractivity contribution < 1.29 is 13.9 Å². The van der Waals surface area contributed by atoms with Gasteiger partial charge >= 0.3 is 0 Å². The summed E-state index contributed by atoms with van der Waals surface area (Å²) in [5.41, 5.74) is 1.12. The van der Waals surface area contributed by atoms with Crippen LogP contribution in [0.5, 0.6) is 5.75 Å².